The first-order valence-corrected chi connectivity index (χ1v) is 4.49. The van der Waals surface area contributed by atoms with Gasteiger partial charge in [-0.3, -0.25) is 4.79 Å². The number of carbonyl (C=O) groups is 1. The molecule has 0 heterocycles. The van der Waals surface area contributed by atoms with Gasteiger partial charge in [-0.2, -0.15) is 26.3 Å². The van der Waals surface area contributed by atoms with E-state index in [1.165, 1.54) is 21.2 Å². The van der Waals surface area contributed by atoms with E-state index in [2.05, 4.69) is 6.58 Å². The minimum absolute atomic E-state index is 0.502. The van der Waals surface area contributed by atoms with Crippen molar-refractivity contribution in [3.63, 3.8) is 0 Å². The quantitative estimate of drug-likeness (QED) is 0.484. The molecule has 0 aromatic heterocycles. The van der Waals surface area contributed by atoms with E-state index in [0.29, 0.717) is 0 Å². The Morgan fingerprint density at radius 2 is 1.56 bits per heavy atom. The van der Waals surface area contributed by atoms with Gasteiger partial charge < -0.3 is 5.32 Å². The molecular formula is C7H6BrF6NO. The Kier molecular flexibility index (Phi) is 4.43. The van der Waals surface area contributed by atoms with Gasteiger partial charge in [0.2, 0.25) is 0 Å². The monoisotopic (exact) mass is 313 g/mol. The predicted octanol–water partition coefficient (Wildman–Crippen LogP) is 2.55. The summed E-state index contributed by atoms with van der Waals surface area (Å²) >= 11 is 1.43. The third-order valence-corrected chi connectivity index (χ3v) is 2.76. The number of rotatable bonds is 3. The van der Waals surface area contributed by atoms with Crippen molar-refractivity contribution in [3.8, 4) is 0 Å². The first kappa shape index (κ1) is 15.3. The molecule has 0 radical (unpaired) electrons. The summed E-state index contributed by atoms with van der Waals surface area (Å²) in [7, 11) is 0. The molecule has 0 aromatic carbocycles. The summed E-state index contributed by atoms with van der Waals surface area (Å²) in [6.07, 6.45) is -10.6. The molecule has 0 fully saturated rings. The molecular weight excluding hydrogens is 308 g/mol. The highest BCUT2D eigenvalue weighted by Gasteiger charge is 2.74. The Labute approximate surface area is 94.8 Å². The molecule has 0 rings (SSSR count). The summed E-state index contributed by atoms with van der Waals surface area (Å²) in [5.74, 6) is -2.23. The maximum atomic E-state index is 12.2. The van der Waals surface area contributed by atoms with E-state index >= 15 is 0 Å². The minimum Gasteiger partial charge on any atom is -0.351 e. The lowest BCUT2D eigenvalue weighted by atomic mass is 10.1. The van der Waals surface area contributed by atoms with Crippen LogP contribution in [0.4, 0.5) is 26.3 Å². The van der Waals surface area contributed by atoms with Crippen molar-refractivity contribution in [1.29, 1.82) is 0 Å². The molecule has 2 nitrogen and oxygen atoms in total. The van der Waals surface area contributed by atoms with E-state index in [-0.39, 0.29) is 0 Å². The van der Waals surface area contributed by atoms with Crippen molar-refractivity contribution in [1.82, 2.24) is 5.32 Å². The summed E-state index contributed by atoms with van der Waals surface area (Å²) in [6.45, 7) is 2.54. The Morgan fingerprint density at radius 3 is 1.81 bits per heavy atom. The Morgan fingerprint density at radius 1 is 1.19 bits per heavy atom. The first-order chi connectivity index (χ1) is 6.98. The summed E-state index contributed by atoms with van der Waals surface area (Å²) < 4.78 is 68.7. The van der Waals surface area contributed by atoms with Gasteiger partial charge in [0.15, 0.2) is 0 Å². The van der Waals surface area contributed by atoms with Crippen LogP contribution < -0.4 is 5.32 Å². The van der Waals surface area contributed by atoms with Gasteiger partial charge in [0, 0.05) is 6.54 Å². The second-order valence-electron chi connectivity index (χ2n) is 2.65. The van der Waals surface area contributed by atoms with E-state index in [1.54, 1.807) is 0 Å². The molecule has 1 N–H and O–H groups in total. The third kappa shape index (κ3) is 2.69. The summed E-state index contributed by atoms with van der Waals surface area (Å²) in [6, 6.07) is 0. The highest BCUT2D eigenvalue weighted by atomic mass is 79.9. The van der Waals surface area contributed by atoms with Crippen LogP contribution in [0.25, 0.3) is 0 Å². The van der Waals surface area contributed by atoms with Crippen molar-refractivity contribution in [2.45, 2.75) is 16.7 Å². The lowest BCUT2D eigenvalue weighted by Gasteiger charge is -2.30. The molecule has 0 aliphatic rings. The molecule has 16 heavy (non-hydrogen) atoms. The average molecular weight is 314 g/mol. The topological polar surface area (TPSA) is 29.1 Å². The zero-order chi connectivity index (χ0) is 13.2. The molecule has 0 saturated carbocycles. The van der Waals surface area contributed by atoms with Crippen LogP contribution in [0.15, 0.2) is 12.7 Å². The zero-order valence-electron chi connectivity index (χ0n) is 7.55. The van der Waals surface area contributed by atoms with Crippen LogP contribution in [0.3, 0.4) is 0 Å². The van der Waals surface area contributed by atoms with Crippen LogP contribution in [-0.4, -0.2) is 29.1 Å². The van der Waals surface area contributed by atoms with E-state index in [0.717, 1.165) is 6.08 Å². The number of amides is 1. The first-order valence-electron chi connectivity index (χ1n) is 3.70. The van der Waals surface area contributed by atoms with Gasteiger partial charge in [0.05, 0.1) is 0 Å². The normalized spacial score (nSPS) is 13.4. The van der Waals surface area contributed by atoms with Crippen molar-refractivity contribution < 1.29 is 31.1 Å². The van der Waals surface area contributed by atoms with Crippen molar-refractivity contribution >= 4 is 21.8 Å². The molecule has 0 aliphatic heterocycles. The number of halogens is 7. The van der Waals surface area contributed by atoms with Gasteiger partial charge in [-0.05, 0) is 0 Å². The fourth-order valence-electron chi connectivity index (χ4n) is 0.705. The highest BCUT2D eigenvalue weighted by Crippen LogP contribution is 2.49. The van der Waals surface area contributed by atoms with Gasteiger partial charge in [0.25, 0.3) is 10.2 Å². The lowest BCUT2D eigenvalue weighted by molar-refractivity contribution is -0.254. The number of hydrogen-bond donors (Lipinski definition) is 1. The van der Waals surface area contributed by atoms with E-state index in [9.17, 15) is 31.1 Å². The number of carbonyl (C=O) groups excluding carboxylic acids is 1. The van der Waals surface area contributed by atoms with Crippen LogP contribution in [-0.2, 0) is 4.79 Å². The van der Waals surface area contributed by atoms with Crippen molar-refractivity contribution in [2.75, 3.05) is 6.54 Å². The SMILES string of the molecule is C=CCNC(=O)C(Br)(C(F)(F)F)C(F)(F)F. The molecule has 0 aliphatic carbocycles. The maximum absolute atomic E-state index is 12.2. The van der Waals surface area contributed by atoms with Crippen molar-refractivity contribution in [3.05, 3.63) is 12.7 Å². The number of nitrogens with one attached hydrogen (secondary N) is 1. The molecule has 1 amide bonds. The molecule has 9 heteroatoms. The largest absolute Gasteiger partial charge is 0.421 e. The molecule has 0 bridgehead atoms. The van der Waals surface area contributed by atoms with Crippen molar-refractivity contribution in [2.24, 2.45) is 0 Å². The van der Waals surface area contributed by atoms with Crippen LogP contribution in [0.1, 0.15) is 0 Å². The van der Waals surface area contributed by atoms with Gasteiger partial charge in [0.1, 0.15) is 0 Å². The molecule has 0 unspecified atom stereocenters. The van der Waals surface area contributed by atoms with Crippen LogP contribution >= 0.6 is 15.9 Å². The maximum Gasteiger partial charge on any atom is 0.421 e. The summed E-state index contributed by atoms with van der Waals surface area (Å²) in [5, 5.41) is 1.44. The summed E-state index contributed by atoms with van der Waals surface area (Å²) in [4.78, 5) is 10.9. The molecule has 0 atom stereocenters. The van der Waals surface area contributed by atoms with Crippen LogP contribution in [0, 0.1) is 0 Å². The minimum atomic E-state index is -5.80. The smallest absolute Gasteiger partial charge is 0.351 e. The predicted molar refractivity (Wildman–Crippen MR) is 47.0 cm³/mol. The number of alkyl halides is 7. The standard InChI is InChI=1S/C7H6BrF6NO/c1-2-3-15-4(16)5(8,6(9,10)11)7(12,13)14/h2H,1,3H2,(H,15,16). The fourth-order valence-corrected chi connectivity index (χ4v) is 0.845. The molecule has 94 valence electrons. The average Bonchev–Trinajstić information content (AvgIpc) is 2.08. The van der Waals surface area contributed by atoms with Crippen LogP contribution in [0.2, 0.25) is 0 Å². The fraction of sp³-hybridized carbons (Fsp3) is 0.571. The molecule has 0 aromatic rings. The number of hydrogen-bond acceptors (Lipinski definition) is 1. The second kappa shape index (κ2) is 4.64. The lowest BCUT2D eigenvalue weighted by Crippen LogP contribution is -2.61. The highest BCUT2D eigenvalue weighted by molar-refractivity contribution is 9.10. The molecule has 0 saturated heterocycles. The Bertz CT molecular complexity index is 270. The van der Waals surface area contributed by atoms with Gasteiger partial charge in [-0.25, -0.2) is 0 Å². The van der Waals surface area contributed by atoms with E-state index < -0.39 is 29.1 Å². The third-order valence-electron chi connectivity index (χ3n) is 1.50. The van der Waals surface area contributed by atoms with E-state index in [1.807, 2.05) is 0 Å². The van der Waals surface area contributed by atoms with E-state index in [4.69, 9.17) is 0 Å². The zero-order valence-corrected chi connectivity index (χ0v) is 9.13. The Balaban J connectivity index is 5.27. The van der Waals surface area contributed by atoms with Gasteiger partial charge in [-0.1, -0.05) is 22.0 Å². The second-order valence-corrected chi connectivity index (χ2v) is 3.84. The van der Waals surface area contributed by atoms with Crippen LogP contribution in [0.5, 0.6) is 0 Å². The molecule has 0 spiro atoms. The summed E-state index contributed by atoms with van der Waals surface area (Å²) in [5.41, 5.74) is 0. The van der Waals surface area contributed by atoms with Gasteiger partial charge in [-0.15, -0.1) is 6.58 Å². The van der Waals surface area contributed by atoms with Gasteiger partial charge >= 0.3 is 12.4 Å². The Hall–Kier alpha value is -0.730.